The zero-order valence-electron chi connectivity index (χ0n) is 14.1. The fraction of sp³-hybridized carbons (Fsp3) is 0.588. The van der Waals surface area contributed by atoms with Crippen molar-refractivity contribution in [2.24, 2.45) is 0 Å². The Bertz CT molecular complexity index is 604. The summed E-state index contributed by atoms with van der Waals surface area (Å²) >= 11 is 3.44. The third-order valence-electron chi connectivity index (χ3n) is 3.87. The number of carbonyl (C=O) groups is 1. The van der Waals surface area contributed by atoms with Gasteiger partial charge in [0.05, 0.1) is 10.8 Å². The normalized spacial score (nSPS) is 17.9. The lowest BCUT2D eigenvalue weighted by Gasteiger charge is -2.34. The van der Waals surface area contributed by atoms with E-state index in [0.717, 1.165) is 27.8 Å². The number of halogens is 1. The molecule has 1 aliphatic heterocycles. The number of benzene rings is 1. The Kier molecular flexibility index (Phi) is 5.89. The van der Waals surface area contributed by atoms with E-state index in [1.54, 1.807) is 11.2 Å². The van der Waals surface area contributed by atoms with Gasteiger partial charge in [0.15, 0.2) is 0 Å². The molecule has 1 aromatic carbocycles. The second-order valence-electron chi connectivity index (χ2n) is 6.88. The fourth-order valence-electron chi connectivity index (χ4n) is 2.79. The van der Waals surface area contributed by atoms with Crippen molar-refractivity contribution >= 4 is 32.8 Å². The van der Waals surface area contributed by atoms with E-state index >= 15 is 0 Å². The number of ether oxygens (including phenoxy) is 1. The second kappa shape index (κ2) is 7.34. The van der Waals surface area contributed by atoms with Gasteiger partial charge in [0.2, 0.25) is 0 Å². The molecule has 6 heteroatoms. The van der Waals surface area contributed by atoms with Crippen molar-refractivity contribution in [2.45, 2.75) is 50.0 Å². The summed E-state index contributed by atoms with van der Waals surface area (Å²) in [6, 6.07) is 5.98. The Morgan fingerprint density at radius 1 is 1.30 bits per heavy atom. The Morgan fingerprint density at radius 2 is 1.91 bits per heavy atom. The molecule has 0 aromatic heterocycles. The molecule has 0 N–H and O–H groups in total. The van der Waals surface area contributed by atoms with Gasteiger partial charge < -0.3 is 9.64 Å². The predicted molar refractivity (Wildman–Crippen MR) is 96.3 cm³/mol. The zero-order valence-corrected chi connectivity index (χ0v) is 16.5. The van der Waals surface area contributed by atoms with Crippen LogP contribution < -0.4 is 0 Å². The molecule has 1 aromatic rings. The van der Waals surface area contributed by atoms with E-state index in [9.17, 15) is 9.00 Å². The first kappa shape index (κ1) is 18.5. The van der Waals surface area contributed by atoms with Crippen LogP contribution in [0.1, 0.15) is 45.1 Å². The van der Waals surface area contributed by atoms with Crippen LogP contribution in [0.3, 0.4) is 0 Å². The molecule has 1 aliphatic rings. The number of hydrogen-bond acceptors (Lipinski definition) is 3. The number of nitrogens with zero attached hydrogens (tertiary/aromatic N) is 1. The van der Waals surface area contributed by atoms with Gasteiger partial charge in [0.25, 0.3) is 0 Å². The van der Waals surface area contributed by atoms with Crippen molar-refractivity contribution in [3.8, 4) is 0 Å². The lowest BCUT2D eigenvalue weighted by atomic mass is 9.89. The molecule has 2 rings (SSSR count). The van der Waals surface area contributed by atoms with Crippen molar-refractivity contribution in [3.63, 3.8) is 0 Å². The van der Waals surface area contributed by atoms with Gasteiger partial charge in [0, 0.05) is 28.7 Å². The van der Waals surface area contributed by atoms with Crippen molar-refractivity contribution in [1.29, 1.82) is 0 Å². The molecule has 0 aliphatic carbocycles. The number of amides is 1. The number of piperidine rings is 1. The first-order valence-corrected chi connectivity index (χ1v) is 10.1. The summed E-state index contributed by atoms with van der Waals surface area (Å²) in [6.45, 7) is 6.98. The Morgan fingerprint density at radius 3 is 2.43 bits per heavy atom. The highest BCUT2D eigenvalue weighted by atomic mass is 79.9. The maximum Gasteiger partial charge on any atom is 0.410 e. The molecular formula is C17H24BrNO3S. The Hall–Kier alpha value is -0.880. The molecule has 1 saturated heterocycles. The summed E-state index contributed by atoms with van der Waals surface area (Å²) in [6.07, 6.45) is 3.20. The quantitative estimate of drug-likeness (QED) is 0.741. The molecule has 1 atom stereocenters. The average molecular weight is 402 g/mol. The van der Waals surface area contributed by atoms with Crippen molar-refractivity contribution in [1.82, 2.24) is 4.90 Å². The van der Waals surface area contributed by atoms with E-state index in [-0.39, 0.29) is 6.09 Å². The summed E-state index contributed by atoms with van der Waals surface area (Å²) < 4.78 is 18.4. The summed E-state index contributed by atoms with van der Waals surface area (Å²) in [5, 5.41) is 0. The van der Waals surface area contributed by atoms with Gasteiger partial charge >= 0.3 is 6.09 Å². The van der Waals surface area contributed by atoms with Crippen molar-refractivity contribution in [2.75, 3.05) is 19.3 Å². The van der Waals surface area contributed by atoms with E-state index in [1.165, 1.54) is 0 Å². The monoisotopic (exact) mass is 401 g/mol. The SMILES string of the molecule is CS(=O)c1cc(Br)ccc1C1CCN(C(=O)OC(C)(C)C)CC1. The number of carbonyl (C=O) groups excluding carboxylic acids is 1. The highest BCUT2D eigenvalue weighted by Crippen LogP contribution is 2.33. The standard InChI is InChI=1S/C17H24BrNO3S/c1-17(2,3)22-16(20)19-9-7-12(8-10-19)14-6-5-13(18)11-15(14)23(4)21/h5-6,11-12H,7-10H2,1-4H3. The van der Waals surface area contributed by atoms with Crippen molar-refractivity contribution < 1.29 is 13.7 Å². The van der Waals surface area contributed by atoms with Crippen LogP contribution >= 0.6 is 15.9 Å². The molecule has 1 fully saturated rings. The van der Waals surface area contributed by atoms with Gasteiger partial charge in [-0.15, -0.1) is 0 Å². The minimum atomic E-state index is -1.02. The first-order chi connectivity index (χ1) is 10.7. The summed E-state index contributed by atoms with van der Waals surface area (Å²) in [5.41, 5.74) is 0.671. The third kappa shape index (κ3) is 5.05. The van der Waals surface area contributed by atoms with E-state index in [0.29, 0.717) is 19.0 Å². The molecule has 0 bridgehead atoms. The average Bonchev–Trinajstić information content (AvgIpc) is 2.45. The molecular weight excluding hydrogens is 378 g/mol. The molecule has 1 amide bonds. The van der Waals surface area contributed by atoms with Crippen LogP contribution in [0.25, 0.3) is 0 Å². The van der Waals surface area contributed by atoms with Crippen LogP contribution in [0.15, 0.2) is 27.6 Å². The van der Waals surface area contributed by atoms with Crippen LogP contribution in [0.2, 0.25) is 0 Å². The Balaban J connectivity index is 2.05. The first-order valence-electron chi connectivity index (χ1n) is 7.78. The minimum absolute atomic E-state index is 0.244. The Labute approximate surface area is 149 Å². The van der Waals surface area contributed by atoms with E-state index in [2.05, 4.69) is 22.0 Å². The van der Waals surface area contributed by atoms with Crippen LogP contribution in [-0.2, 0) is 15.5 Å². The van der Waals surface area contributed by atoms with Crippen LogP contribution in [-0.4, -0.2) is 40.1 Å². The van der Waals surface area contributed by atoms with Crippen LogP contribution in [0.5, 0.6) is 0 Å². The smallest absolute Gasteiger partial charge is 0.410 e. The van der Waals surface area contributed by atoms with Gasteiger partial charge in [0.1, 0.15) is 5.60 Å². The zero-order chi connectivity index (χ0) is 17.2. The predicted octanol–water partition coefficient (Wildman–Crippen LogP) is 4.30. The van der Waals surface area contributed by atoms with Gasteiger partial charge in [-0.25, -0.2) is 4.79 Å². The maximum absolute atomic E-state index is 12.1. The van der Waals surface area contributed by atoms with Crippen molar-refractivity contribution in [3.05, 3.63) is 28.2 Å². The van der Waals surface area contributed by atoms with Gasteiger partial charge in [-0.2, -0.15) is 0 Å². The fourth-order valence-corrected chi connectivity index (χ4v) is 4.17. The minimum Gasteiger partial charge on any atom is -0.444 e. The topological polar surface area (TPSA) is 46.6 Å². The third-order valence-corrected chi connectivity index (χ3v) is 5.34. The van der Waals surface area contributed by atoms with Gasteiger partial charge in [-0.3, -0.25) is 4.21 Å². The van der Waals surface area contributed by atoms with Gasteiger partial charge in [-0.05, 0) is 57.2 Å². The number of hydrogen-bond donors (Lipinski definition) is 0. The number of rotatable bonds is 2. The highest BCUT2D eigenvalue weighted by molar-refractivity contribution is 9.10. The molecule has 0 spiro atoms. The summed E-state index contributed by atoms with van der Waals surface area (Å²) in [4.78, 5) is 14.8. The number of likely N-dealkylation sites (tertiary alicyclic amines) is 1. The van der Waals surface area contributed by atoms with Crippen LogP contribution in [0, 0.1) is 0 Å². The summed E-state index contributed by atoms with van der Waals surface area (Å²) in [7, 11) is -1.02. The lowest BCUT2D eigenvalue weighted by Crippen LogP contribution is -2.41. The van der Waals surface area contributed by atoms with E-state index in [4.69, 9.17) is 4.74 Å². The molecule has 4 nitrogen and oxygen atoms in total. The molecule has 0 saturated carbocycles. The molecule has 128 valence electrons. The van der Waals surface area contributed by atoms with E-state index < -0.39 is 16.4 Å². The molecule has 1 heterocycles. The summed E-state index contributed by atoms with van der Waals surface area (Å²) in [5.74, 6) is 0.334. The van der Waals surface area contributed by atoms with E-state index in [1.807, 2.05) is 32.9 Å². The lowest BCUT2D eigenvalue weighted by molar-refractivity contribution is 0.0204. The molecule has 1 unspecified atom stereocenters. The van der Waals surface area contributed by atoms with Crippen LogP contribution in [0.4, 0.5) is 4.79 Å². The highest BCUT2D eigenvalue weighted by Gasteiger charge is 2.28. The molecule has 0 radical (unpaired) electrons. The maximum atomic E-state index is 12.1. The second-order valence-corrected chi connectivity index (χ2v) is 9.14. The van der Waals surface area contributed by atoms with Gasteiger partial charge in [-0.1, -0.05) is 22.0 Å². The largest absolute Gasteiger partial charge is 0.444 e. The molecule has 23 heavy (non-hydrogen) atoms.